The summed E-state index contributed by atoms with van der Waals surface area (Å²) in [5.74, 6) is -2.70. The molecule has 0 bridgehead atoms. The Morgan fingerprint density at radius 1 is 1.08 bits per heavy atom. The zero-order chi connectivity index (χ0) is 27.9. The largest absolute Gasteiger partial charge is 0.573 e. The van der Waals surface area contributed by atoms with E-state index in [2.05, 4.69) is 15.0 Å². The van der Waals surface area contributed by atoms with Crippen LogP contribution in [-0.4, -0.2) is 28.2 Å². The second-order valence-electron chi connectivity index (χ2n) is 9.63. The number of carboxylic acids is 1. The van der Waals surface area contributed by atoms with Gasteiger partial charge in [-0.3, -0.25) is 9.59 Å². The van der Waals surface area contributed by atoms with Crippen molar-refractivity contribution in [2.45, 2.75) is 32.5 Å². The van der Waals surface area contributed by atoms with Gasteiger partial charge in [-0.25, -0.2) is 9.37 Å². The van der Waals surface area contributed by atoms with Crippen molar-refractivity contribution >= 4 is 44.1 Å². The van der Waals surface area contributed by atoms with Gasteiger partial charge in [0.05, 0.1) is 21.3 Å². The number of aromatic nitrogens is 1. The number of hydrogen-bond acceptors (Lipinski definition) is 6. The fourth-order valence-corrected chi connectivity index (χ4v) is 5.84. The quantitative estimate of drug-likeness (QED) is 0.178. The summed E-state index contributed by atoms with van der Waals surface area (Å²) in [6.07, 6.45) is -3.14. The molecule has 1 aliphatic rings. The summed E-state index contributed by atoms with van der Waals surface area (Å²) in [5, 5.41) is 12.8. The maximum atomic E-state index is 15.0. The van der Waals surface area contributed by atoms with Crippen molar-refractivity contribution < 1.29 is 37.0 Å². The van der Waals surface area contributed by atoms with Crippen LogP contribution in [0, 0.1) is 17.2 Å². The minimum absolute atomic E-state index is 0.130. The first-order chi connectivity index (χ1) is 18.4. The Morgan fingerprint density at radius 2 is 1.79 bits per heavy atom. The maximum absolute atomic E-state index is 15.0. The molecule has 0 spiro atoms. The van der Waals surface area contributed by atoms with E-state index >= 15 is 0 Å². The van der Waals surface area contributed by atoms with Gasteiger partial charge in [0.2, 0.25) is 0 Å². The minimum atomic E-state index is -4.81. The monoisotopic (exact) mass is 558 g/mol. The van der Waals surface area contributed by atoms with Gasteiger partial charge in [-0.05, 0) is 55.2 Å². The van der Waals surface area contributed by atoms with E-state index in [4.69, 9.17) is 0 Å². The number of alkyl halides is 3. The van der Waals surface area contributed by atoms with Gasteiger partial charge < -0.3 is 15.2 Å². The van der Waals surface area contributed by atoms with Crippen molar-refractivity contribution in [3.63, 3.8) is 0 Å². The van der Waals surface area contributed by atoms with Crippen molar-refractivity contribution in [3.8, 4) is 16.9 Å². The number of benzene rings is 3. The van der Waals surface area contributed by atoms with E-state index in [1.165, 1.54) is 24.3 Å². The molecule has 0 saturated heterocycles. The molecule has 4 aromatic rings. The molecular formula is C28H22F4N2O4S. The van der Waals surface area contributed by atoms with Crippen molar-refractivity contribution in [2.75, 3.05) is 5.32 Å². The zero-order valence-corrected chi connectivity index (χ0v) is 21.3. The SMILES string of the molecule is C[C@@]1(C(=O)O)CCC[C@H]1C(=O)c1ccc(-c2ccc(Nc3nc4ccc(OC(F)(F)F)cc4s3)c(F)c2)cc1. The lowest BCUT2D eigenvalue weighted by atomic mass is 9.76. The van der Waals surface area contributed by atoms with Crippen molar-refractivity contribution in [1.29, 1.82) is 0 Å². The molecule has 1 heterocycles. The van der Waals surface area contributed by atoms with Gasteiger partial charge in [-0.2, -0.15) is 0 Å². The number of rotatable bonds is 7. The van der Waals surface area contributed by atoms with E-state index in [9.17, 15) is 32.3 Å². The Balaban J connectivity index is 1.31. The fraction of sp³-hybridized carbons (Fsp3) is 0.250. The van der Waals surface area contributed by atoms with E-state index in [-0.39, 0.29) is 17.2 Å². The lowest BCUT2D eigenvalue weighted by Crippen LogP contribution is -2.36. The first kappa shape index (κ1) is 26.6. The van der Waals surface area contributed by atoms with Crippen LogP contribution in [0.5, 0.6) is 5.75 Å². The normalized spacial score (nSPS) is 19.3. The van der Waals surface area contributed by atoms with Crippen LogP contribution in [0.3, 0.4) is 0 Å². The predicted octanol–water partition coefficient (Wildman–Crippen LogP) is 7.82. The Morgan fingerprint density at radius 3 is 2.46 bits per heavy atom. The second-order valence-corrected chi connectivity index (χ2v) is 10.7. The van der Waals surface area contributed by atoms with Crippen LogP contribution in [-0.2, 0) is 4.79 Å². The number of aliphatic carboxylic acids is 1. The number of carbonyl (C=O) groups is 2. The number of fused-ring (bicyclic) bond motifs is 1. The highest BCUT2D eigenvalue weighted by Gasteiger charge is 2.48. The van der Waals surface area contributed by atoms with E-state index < -0.39 is 29.5 Å². The molecule has 2 N–H and O–H groups in total. The van der Waals surface area contributed by atoms with Gasteiger partial charge in [0.25, 0.3) is 0 Å². The third-order valence-corrected chi connectivity index (χ3v) is 8.00. The third-order valence-electron chi connectivity index (χ3n) is 7.07. The molecule has 1 saturated carbocycles. The number of hydrogen-bond donors (Lipinski definition) is 2. The van der Waals surface area contributed by atoms with Gasteiger partial charge in [0.1, 0.15) is 11.6 Å². The van der Waals surface area contributed by atoms with Crippen LogP contribution in [0.15, 0.2) is 60.7 Å². The minimum Gasteiger partial charge on any atom is -0.481 e. The summed E-state index contributed by atoms with van der Waals surface area (Å²) >= 11 is 1.05. The summed E-state index contributed by atoms with van der Waals surface area (Å²) in [7, 11) is 0. The van der Waals surface area contributed by atoms with Gasteiger partial charge >= 0.3 is 12.3 Å². The maximum Gasteiger partial charge on any atom is 0.573 e. The number of thiazole rings is 1. The lowest BCUT2D eigenvalue weighted by Gasteiger charge is -2.25. The Kier molecular flexibility index (Phi) is 6.79. The number of nitrogens with zero attached hydrogens (tertiary/aromatic N) is 1. The smallest absolute Gasteiger partial charge is 0.481 e. The Hall–Kier alpha value is -3.99. The van der Waals surface area contributed by atoms with Crippen molar-refractivity contribution in [1.82, 2.24) is 4.98 Å². The average Bonchev–Trinajstić information content (AvgIpc) is 3.47. The van der Waals surface area contributed by atoms with Crippen LogP contribution in [0.25, 0.3) is 21.3 Å². The van der Waals surface area contributed by atoms with Gasteiger partial charge in [0.15, 0.2) is 10.9 Å². The first-order valence-corrected chi connectivity index (χ1v) is 12.9. The van der Waals surface area contributed by atoms with Crippen molar-refractivity contribution in [2.24, 2.45) is 11.3 Å². The Labute approximate surface area is 224 Å². The summed E-state index contributed by atoms with van der Waals surface area (Å²) in [4.78, 5) is 29.1. The molecule has 0 aliphatic heterocycles. The second kappa shape index (κ2) is 9.96. The lowest BCUT2D eigenvalue weighted by molar-refractivity contribution is -0.274. The average molecular weight is 559 g/mol. The molecule has 11 heteroatoms. The highest BCUT2D eigenvalue weighted by molar-refractivity contribution is 7.22. The summed E-state index contributed by atoms with van der Waals surface area (Å²) in [6, 6.07) is 14.9. The molecule has 39 heavy (non-hydrogen) atoms. The molecule has 3 aromatic carbocycles. The number of ether oxygens (including phenoxy) is 1. The van der Waals surface area contributed by atoms with E-state index in [1.807, 2.05) is 0 Å². The number of nitrogens with one attached hydrogen (secondary N) is 1. The number of Topliss-reactive ketones (excluding diaryl/α,β-unsaturated/α-hetero) is 1. The summed E-state index contributed by atoms with van der Waals surface area (Å²) in [5.41, 5.74) is 1.13. The molecule has 2 atom stereocenters. The number of carboxylic acid groups (broad SMARTS) is 1. The van der Waals surface area contributed by atoms with Gasteiger partial charge in [-0.1, -0.05) is 48.1 Å². The van der Waals surface area contributed by atoms with Crippen LogP contribution in [0.4, 0.5) is 28.4 Å². The highest BCUT2D eigenvalue weighted by Crippen LogP contribution is 2.45. The zero-order valence-electron chi connectivity index (χ0n) is 20.5. The number of anilines is 2. The van der Waals surface area contributed by atoms with Crippen molar-refractivity contribution in [3.05, 3.63) is 72.0 Å². The third kappa shape index (κ3) is 5.44. The van der Waals surface area contributed by atoms with Crippen LogP contribution in [0.2, 0.25) is 0 Å². The molecule has 0 amide bonds. The summed E-state index contributed by atoms with van der Waals surface area (Å²) in [6.45, 7) is 1.62. The molecule has 1 aromatic heterocycles. The van der Waals surface area contributed by atoms with Gasteiger partial charge in [-0.15, -0.1) is 13.2 Å². The number of carbonyl (C=O) groups excluding carboxylic acids is 1. The van der Waals surface area contributed by atoms with Crippen LogP contribution >= 0.6 is 11.3 Å². The Bertz CT molecular complexity index is 1570. The van der Waals surface area contributed by atoms with E-state index in [0.717, 1.165) is 17.4 Å². The van der Waals surface area contributed by atoms with Crippen LogP contribution in [0.1, 0.15) is 36.5 Å². The fourth-order valence-electron chi connectivity index (χ4n) is 4.94. The molecule has 5 rings (SSSR count). The standard InChI is InChI=1S/C28H22F4N2O4S/c1-27(25(36)37)12-2-3-19(27)24(35)16-6-4-15(5-7-16)17-8-10-21(20(29)13-17)33-26-34-22-11-9-18(14-23(22)39-26)38-28(30,31)32/h4-11,13-14,19H,2-3,12H2,1H3,(H,33,34)(H,36,37)/t19-,27+/m0/s1. The molecular weight excluding hydrogens is 536 g/mol. The number of halogens is 4. The van der Waals surface area contributed by atoms with Gasteiger partial charge in [0, 0.05) is 17.5 Å². The molecule has 0 radical (unpaired) electrons. The molecule has 6 nitrogen and oxygen atoms in total. The van der Waals surface area contributed by atoms with E-state index in [0.29, 0.717) is 51.3 Å². The molecule has 1 fully saturated rings. The molecule has 0 unspecified atom stereocenters. The topological polar surface area (TPSA) is 88.5 Å². The predicted molar refractivity (Wildman–Crippen MR) is 139 cm³/mol. The molecule has 1 aliphatic carbocycles. The summed E-state index contributed by atoms with van der Waals surface area (Å²) < 4.78 is 56.8. The molecule has 202 valence electrons. The highest BCUT2D eigenvalue weighted by atomic mass is 32.1. The van der Waals surface area contributed by atoms with Crippen LogP contribution < -0.4 is 10.1 Å². The first-order valence-electron chi connectivity index (χ1n) is 12.0. The van der Waals surface area contributed by atoms with E-state index in [1.54, 1.807) is 37.3 Å². The number of ketones is 1.